The van der Waals surface area contributed by atoms with Crippen LogP contribution in [0.5, 0.6) is 0 Å². The third kappa shape index (κ3) is 1.38. The Morgan fingerprint density at radius 3 is 2.20 bits per heavy atom. The second-order valence-corrected chi connectivity index (χ2v) is 2.90. The molecule has 76 valence electrons. The van der Waals surface area contributed by atoms with Crippen molar-refractivity contribution in [3.8, 4) is 0 Å². The number of imide groups is 1. The summed E-state index contributed by atoms with van der Waals surface area (Å²) in [5.41, 5.74) is 0.683. The molecule has 0 aromatic heterocycles. The van der Waals surface area contributed by atoms with E-state index in [0.717, 1.165) is 0 Å². The van der Waals surface area contributed by atoms with Crippen LogP contribution in [0.1, 0.15) is 27.6 Å². The summed E-state index contributed by atoms with van der Waals surface area (Å²) < 4.78 is 0. The monoisotopic (exact) mass is 204 g/mol. The molecular formula is C10H8N2O3. The predicted molar refractivity (Wildman–Crippen MR) is 52.2 cm³/mol. The van der Waals surface area contributed by atoms with Crippen molar-refractivity contribution in [3.05, 3.63) is 35.4 Å². The first-order valence-electron chi connectivity index (χ1n) is 4.38. The summed E-state index contributed by atoms with van der Waals surface area (Å²) in [6, 6.07) is 6.54. The lowest BCUT2D eigenvalue weighted by molar-refractivity contribution is -0.0894. The van der Waals surface area contributed by atoms with Gasteiger partial charge < -0.3 is 0 Å². The lowest BCUT2D eigenvalue weighted by atomic mass is 10.1. The molecule has 1 aliphatic heterocycles. The largest absolute Gasteiger partial charge is 0.297 e. The van der Waals surface area contributed by atoms with Crippen LogP contribution in [0.3, 0.4) is 0 Å². The summed E-state index contributed by atoms with van der Waals surface area (Å²) >= 11 is 0. The maximum atomic E-state index is 11.6. The zero-order valence-electron chi connectivity index (χ0n) is 8.01. The van der Waals surface area contributed by atoms with Gasteiger partial charge in [-0.05, 0) is 19.1 Å². The van der Waals surface area contributed by atoms with E-state index in [4.69, 9.17) is 0 Å². The van der Waals surface area contributed by atoms with Gasteiger partial charge in [-0.1, -0.05) is 22.4 Å². The van der Waals surface area contributed by atoms with Crippen LogP contribution in [0.4, 0.5) is 0 Å². The van der Waals surface area contributed by atoms with Gasteiger partial charge in [0.2, 0.25) is 0 Å². The third-order valence-electron chi connectivity index (χ3n) is 1.99. The molecule has 0 N–H and O–H groups in total. The van der Waals surface area contributed by atoms with Crippen LogP contribution in [0.2, 0.25) is 0 Å². The van der Waals surface area contributed by atoms with Crippen LogP contribution < -0.4 is 0 Å². The molecule has 0 saturated carbocycles. The number of carbonyl (C=O) groups is 2. The SMILES string of the molecule is CC=NON1C(=O)c2ccccc2C1=O. The van der Waals surface area contributed by atoms with Crippen molar-refractivity contribution in [2.75, 3.05) is 0 Å². The molecule has 0 fully saturated rings. The number of oxime groups is 1. The maximum absolute atomic E-state index is 11.6. The zero-order chi connectivity index (χ0) is 10.8. The molecule has 15 heavy (non-hydrogen) atoms. The topological polar surface area (TPSA) is 59.0 Å². The van der Waals surface area contributed by atoms with E-state index in [0.29, 0.717) is 16.2 Å². The molecule has 0 aliphatic carbocycles. The molecule has 5 heteroatoms. The summed E-state index contributed by atoms with van der Waals surface area (Å²) in [6.07, 6.45) is 1.35. The quantitative estimate of drug-likeness (QED) is 0.413. The second-order valence-electron chi connectivity index (χ2n) is 2.90. The van der Waals surface area contributed by atoms with Gasteiger partial charge in [0.05, 0.1) is 11.1 Å². The number of benzene rings is 1. The molecule has 0 radical (unpaired) electrons. The maximum Gasteiger partial charge on any atom is 0.297 e. The van der Waals surface area contributed by atoms with Crippen molar-refractivity contribution in [3.63, 3.8) is 0 Å². The molecule has 1 aliphatic rings. The van der Waals surface area contributed by atoms with Gasteiger partial charge >= 0.3 is 0 Å². The van der Waals surface area contributed by atoms with E-state index < -0.39 is 11.8 Å². The van der Waals surface area contributed by atoms with Gasteiger partial charge in [0.1, 0.15) is 0 Å². The number of hydrogen-bond donors (Lipinski definition) is 0. The Hall–Kier alpha value is -2.17. The van der Waals surface area contributed by atoms with Crippen LogP contribution in [0.15, 0.2) is 29.4 Å². The highest BCUT2D eigenvalue weighted by molar-refractivity contribution is 6.20. The number of nitrogens with zero attached hydrogens (tertiary/aromatic N) is 2. The summed E-state index contributed by atoms with van der Waals surface area (Å²) in [5.74, 6) is -0.970. The number of amides is 2. The summed E-state index contributed by atoms with van der Waals surface area (Å²) in [5, 5.41) is 4.04. The van der Waals surface area contributed by atoms with E-state index in [1.807, 2.05) is 0 Å². The summed E-state index contributed by atoms with van der Waals surface area (Å²) in [4.78, 5) is 27.9. The van der Waals surface area contributed by atoms with Crippen molar-refractivity contribution in [1.29, 1.82) is 0 Å². The van der Waals surface area contributed by atoms with Crippen molar-refractivity contribution >= 4 is 18.0 Å². The number of hydroxylamine groups is 2. The van der Waals surface area contributed by atoms with Crippen molar-refractivity contribution < 1.29 is 14.5 Å². The van der Waals surface area contributed by atoms with E-state index >= 15 is 0 Å². The smallest absolute Gasteiger partial charge is 0.265 e. The van der Waals surface area contributed by atoms with Gasteiger partial charge in [0, 0.05) is 6.21 Å². The van der Waals surface area contributed by atoms with Gasteiger partial charge in [-0.2, -0.15) is 0 Å². The minimum atomic E-state index is -0.485. The molecule has 1 aromatic carbocycles. The van der Waals surface area contributed by atoms with Crippen molar-refractivity contribution in [1.82, 2.24) is 5.06 Å². The zero-order valence-corrected chi connectivity index (χ0v) is 8.01. The number of carbonyl (C=O) groups excluding carboxylic acids is 2. The molecule has 0 saturated heterocycles. The fraction of sp³-hybridized carbons (Fsp3) is 0.100. The van der Waals surface area contributed by atoms with Crippen LogP contribution in [0.25, 0.3) is 0 Å². The van der Waals surface area contributed by atoms with Crippen molar-refractivity contribution in [2.45, 2.75) is 6.92 Å². The lowest BCUT2D eigenvalue weighted by Gasteiger charge is -2.07. The number of rotatable bonds is 2. The van der Waals surface area contributed by atoms with Gasteiger partial charge in [-0.3, -0.25) is 14.5 Å². The Balaban J connectivity index is 2.37. The molecule has 0 bridgehead atoms. The van der Waals surface area contributed by atoms with Crippen LogP contribution in [0, 0.1) is 0 Å². The van der Waals surface area contributed by atoms with Crippen LogP contribution >= 0.6 is 0 Å². The second kappa shape index (κ2) is 3.53. The molecule has 5 nitrogen and oxygen atoms in total. The van der Waals surface area contributed by atoms with E-state index in [9.17, 15) is 9.59 Å². The minimum Gasteiger partial charge on any atom is -0.265 e. The van der Waals surface area contributed by atoms with Gasteiger partial charge in [-0.25, -0.2) is 0 Å². The minimum absolute atomic E-state index is 0.341. The van der Waals surface area contributed by atoms with Crippen molar-refractivity contribution in [2.24, 2.45) is 5.16 Å². The molecular weight excluding hydrogens is 196 g/mol. The molecule has 2 rings (SSSR count). The fourth-order valence-electron chi connectivity index (χ4n) is 1.34. The first-order chi connectivity index (χ1) is 7.25. The molecule has 0 unspecified atom stereocenters. The van der Waals surface area contributed by atoms with Gasteiger partial charge in [-0.15, -0.1) is 0 Å². The Morgan fingerprint density at radius 1 is 1.20 bits per heavy atom. The van der Waals surface area contributed by atoms with Crippen LogP contribution in [-0.4, -0.2) is 23.1 Å². The van der Waals surface area contributed by atoms with E-state index in [1.165, 1.54) is 6.21 Å². The molecule has 1 aromatic rings. The Kier molecular flexibility index (Phi) is 2.21. The average molecular weight is 204 g/mol. The first-order valence-corrected chi connectivity index (χ1v) is 4.38. The Morgan fingerprint density at radius 2 is 1.73 bits per heavy atom. The Bertz CT molecular complexity index is 419. The molecule has 0 atom stereocenters. The summed E-state index contributed by atoms with van der Waals surface area (Å²) in [6.45, 7) is 1.62. The third-order valence-corrected chi connectivity index (χ3v) is 1.99. The van der Waals surface area contributed by atoms with Crippen LogP contribution in [-0.2, 0) is 4.94 Å². The van der Waals surface area contributed by atoms with E-state index in [-0.39, 0.29) is 0 Å². The highest BCUT2D eigenvalue weighted by Crippen LogP contribution is 2.22. The highest BCUT2D eigenvalue weighted by atomic mass is 16.8. The lowest BCUT2D eigenvalue weighted by Crippen LogP contribution is -2.27. The normalized spacial score (nSPS) is 14.9. The standard InChI is InChI=1S/C10H8N2O3/c1-2-11-15-12-9(13)7-5-3-4-6-8(7)10(12)14/h2-6H,1H3. The molecule has 0 spiro atoms. The highest BCUT2D eigenvalue weighted by Gasteiger charge is 2.37. The first kappa shape index (κ1) is 9.39. The Labute approximate surface area is 85.9 Å². The van der Waals surface area contributed by atoms with Gasteiger partial charge in [0.15, 0.2) is 0 Å². The van der Waals surface area contributed by atoms with E-state index in [1.54, 1.807) is 31.2 Å². The molecule has 2 amide bonds. The van der Waals surface area contributed by atoms with Gasteiger partial charge in [0.25, 0.3) is 11.8 Å². The average Bonchev–Trinajstić information content (AvgIpc) is 2.51. The summed E-state index contributed by atoms with van der Waals surface area (Å²) in [7, 11) is 0. The number of fused-ring (bicyclic) bond motifs is 1. The molecule has 1 heterocycles. The predicted octanol–water partition coefficient (Wildman–Crippen LogP) is 1.22. The van der Waals surface area contributed by atoms with E-state index in [2.05, 4.69) is 10.1 Å². The number of hydrogen-bond acceptors (Lipinski definition) is 4. The fourth-order valence-corrected chi connectivity index (χ4v) is 1.34.